The van der Waals surface area contributed by atoms with Crippen molar-refractivity contribution in [3.8, 4) is 23.0 Å². The van der Waals surface area contributed by atoms with Gasteiger partial charge in [-0.15, -0.1) is 0 Å². The minimum absolute atomic E-state index is 0.104. The van der Waals surface area contributed by atoms with Gasteiger partial charge in [-0.3, -0.25) is 4.79 Å². The second kappa shape index (κ2) is 12.0. The lowest BCUT2D eigenvalue weighted by molar-refractivity contribution is -0.155. The Labute approximate surface area is 224 Å². The van der Waals surface area contributed by atoms with Crippen LogP contribution in [0.5, 0.6) is 0 Å². The van der Waals surface area contributed by atoms with E-state index in [1.165, 1.54) is 0 Å². The van der Waals surface area contributed by atoms with Crippen molar-refractivity contribution in [2.24, 2.45) is 0 Å². The monoisotopic (exact) mass is 511 g/mol. The fourth-order valence-electron chi connectivity index (χ4n) is 4.55. The molecule has 4 rings (SSSR count). The summed E-state index contributed by atoms with van der Waals surface area (Å²) in [4.78, 5) is 25.4. The molecule has 38 heavy (non-hydrogen) atoms. The van der Waals surface area contributed by atoms with Gasteiger partial charge in [0, 0.05) is 12.3 Å². The van der Waals surface area contributed by atoms with Gasteiger partial charge in [0.2, 0.25) is 0 Å². The van der Waals surface area contributed by atoms with E-state index in [1.54, 1.807) is 20.8 Å². The van der Waals surface area contributed by atoms with E-state index >= 15 is 0 Å². The third kappa shape index (κ3) is 7.02. The van der Waals surface area contributed by atoms with Crippen LogP contribution in [0.2, 0.25) is 0 Å². The van der Waals surface area contributed by atoms with Crippen molar-refractivity contribution in [3.05, 3.63) is 95.6 Å². The van der Waals surface area contributed by atoms with Crippen molar-refractivity contribution in [1.29, 1.82) is 0 Å². The molecule has 6 heteroatoms. The number of hydrogen-bond donors (Lipinski definition) is 2. The number of ether oxygens (including phenoxy) is 2. The van der Waals surface area contributed by atoms with Gasteiger partial charge in [0.15, 0.2) is 0 Å². The molecule has 3 aromatic carbocycles. The molecule has 0 heterocycles. The summed E-state index contributed by atoms with van der Waals surface area (Å²) in [5.74, 6) is 5.03. The first-order valence-electron chi connectivity index (χ1n) is 12.7. The Morgan fingerprint density at radius 2 is 1.50 bits per heavy atom. The van der Waals surface area contributed by atoms with Crippen molar-refractivity contribution in [2.75, 3.05) is 6.61 Å². The van der Waals surface area contributed by atoms with Crippen LogP contribution in [0.1, 0.15) is 49.8 Å². The molecule has 0 fully saturated rings. The highest BCUT2D eigenvalue weighted by Crippen LogP contribution is 2.44. The largest absolute Gasteiger partial charge is 0.460 e. The van der Waals surface area contributed by atoms with Gasteiger partial charge in [-0.1, -0.05) is 90.7 Å². The van der Waals surface area contributed by atoms with E-state index in [-0.39, 0.29) is 18.9 Å². The van der Waals surface area contributed by atoms with E-state index in [4.69, 9.17) is 9.47 Å². The molecule has 0 bridgehead atoms. The van der Waals surface area contributed by atoms with E-state index in [0.29, 0.717) is 6.42 Å². The minimum Gasteiger partial charge on any atom is -0.460 e. The minimum atomic E-state index is -1.29. The molecule has 0 aliphatic heterocycles. The molecule has 1 aliphatic rings. The standard InChI is InChI=1S/C32H33NO5/c1-32(2,3)38-30(35)20-28(29(34)19-11-14-22-12-5-4-6-13-22)33-31(36)37-21-27-25-17-9-7-15-23(25)24-16-8-10-18-26(24)27/h4-10,12-13,15-18,27-29,34H,14,20-21H2,1-3H3,(H,33,36)/t28-,29?/m0/s1. The number of nitrogens with one attached hydrogen (secondary N) is 1. The molecule has 0 saturated heterocycles. The summed E-state index contributed by atoms with van der Waals surface area (Å²) in [5.41, 5.74) is 4.75. The zero-order chi connectivity index (χ0) is 27.1. The van der Waals surface area contributed by atoms with Gasteiger partial charge in [0.25, 0.3) is 0 Å². The summed E-state index contributed by atoms with van der Waals surface area (Å²) in [6.45, 7) is 5.40. The maximum atomic E-state index is 12.9. The summed E-state index contributed by atoms with van der Waals surface area (Å²) in [6.07, 6.45) is -1.83. The number of esters is 1. The highest BCUT2D eigenvalue weighted by atomic mass is 16.6. The van der Waals surface area contributed by atoms with Crippen molar-refractivity contribution >= 4 is 12.1 Å². The molecular weight excluding hydrogens is 478 g/mol. The first-order chi connectivity index (χ1) is 18.2. The summed E-state index contributed by atoms with van der Waals surface area (Å²) in [5, 5.41) is 13.4. The van der Waals surface area contributed by atoms with Crippen LogP contribution in [-0.2, 0) is 20.7 Å². The Hall–Kier alpha value is -4.08. The fourth-order valence-corrected chi connectivity index (χ4v) is 4.55. The summed E-state index contributed by atoms with van der Waals surface area (Å²) in [6, 6.07) is 24.8. The van der Waals surface area contributed by atoms with Crippen LogP contribution in [0.25, 0.3) is 11.1 Å². The second-order valence-corrected chi connectivity index (χ2v) is 10.3. The number of alkyl carbamates (subject to hydrolysis) is 1. The number of fused-ring (bicyclic) bond motifs is 3. The molecule has 3 aromatic rings. The number of aliphatic hydroxyl groups is 1. The highest BCUT2D eigenvalue weighted by Gasteiger charge is 2.30. The molecule has 0 spiro atoms. The number of hydrogen-bond acceptors (Lipinski definition) is 5. The van der Waals surface area contributed by atoms with Crippen molar-refractivity contribution < 1.29 is 24.2 Å². The van der Waals surface area contributed by atoms with Crippen LogP contribution in [0.4, 0.5) is 4.79 Å². The Kier molecular flexibility index (Phi) is 8.50. The Balaban J connectivity index is 1.43. The maximum absolute atomic E-state index is 12.9. The number of carbonyl (C=O) groups is 2. The van der Waals surface area contributed by atoms with Crippen molar-refractivity contribution in [2.45, 2.75) is 57.3 Å². The Morgan fingerprint density at radius 3 is 2.11 bits per heavy atom. The van der Waals surface area contributed by atoms with Crippen molar-refractivity contribution in [1.82, 2.24) is 5.32 Å². The van der Waals surface area contributed by atoms with Gasteiger partial charge in [-0.2, -0.15) is 0 Å². The maximum Gasteiger partial charge on any atom is 0.407 e. The third-order valence-electron chi connectivity index (χ3n) is 6.22. The molecule has 6 nitrogen and oxygen atoms in total. The lowest BCUT2D eigenvalue weighted by Crippen LogP contribution is -2.45. The Bertz CT molecular complexity index is 1290. The van der Waals surface area contributed by atoms with Crippen LogP contribution < -0.4 is 5.32 Å². The van der Waals surface area contributed by atoms with Gasteiger partial charge in [-0.05, 0) is 48.6 Å². The lowest BCUT2D eigenvalue weighted by atomic mass is 9.98. The van der Waals surface area contributed by atoms with Crippen LogP contribution in [-0.4, -0.2) is 41.5 Å². The van der Waals surface area contributed by atoms with E-state index in [9.17, 15) is 14.7 Å². The molecule has 1 unspecified atom stereocenters. The quantitative estimate of drug-likeness (QED) is 0.335. The molecule has 2 atom stereocenters. The zero-order valence-electron chi connectivity index (χ0n) is 21.9. The van der Waals surface area contributed by atoms with Crippen LogP contribution >= 0.6 is 0 Å². The number of amides is 1. The molecule has 196 valence electrons. The lowest BCUT2D eigenvalue weighted by Gasteiger charge is -2.24. The summed E-state index contributed by atoms with van der Waals surface area (Å²) < 4.78 is 11.0. The summed E-state index contributed by atoms with van der Waals surface area (Å²) >= 11 is 0. The average molecular weight is 512 g/mol. The molecule has 2 N–H and O–H groups in total. The van der Waals surface area contributed by atoms with Crippen LogP contribution in [0.3, 0.4) is 0 Å². The molecular formula is C32H33NO5. The number of rotatable bonds is 7. The molecule has 0 radical (unpaired) electrons. The zero-order valence-corrected chi connectivity index (χ0v) is 21.9. The number of carbonyl (C=O) groups excluding carboxylic acids is 2. The average Bonchev–Trinajstić information content (AvgIpc) is 3.20. The highest BCUT2D eigenvalue weighted by molar-refractivity contribution is 5.79. The fraction of sp³-hybridized carbons (Fsp3) is 0.312. The van der Waals surface area contributed by atoms with Gasteiger partial charge in [0.1, 0.15) is 18.3 Å². The molecule has 1 aliphatic carbocycles. The van der Waals surface area contributed by atoms with Gasteiger partial charge in [0.05, 0.1) is 12.5 Å². The number of aliphatic hydroxyl groups excluding tert-OH is 1. The van der Waals surface area contributed by atoms with Crippen molar-refractivity contribution in [3.63, 3.8) is 0 Å². The van der Waals surface area contributed by atoms with E-state index in [2.05, 4.69) is 29.3 Å². The number of benzene rings is 3. The molecule has 0 aromatic heterocycles. The van der Waals surface area contributed by atoms with E-state index < -0.39 is 29.8 Å². The van der Waals surface area contributed by atoms with Crippen LogP contribution in [0.15, 0.2) is 78.9 Å². The molecule has 0 saturated carbocycles. The van der Waals surface area contributed by atoms with Crippen LogP contribution in [0, 0.1) is 11.8 Å². The normalized spacial score (nSPS) is 13.8. The predicted octanol–water partition coefficient (Wildman–Crippen LogP) is 5.23. The van der Waals surface area contributed by atoms with Gasteiger partial charge in [-0.25, -0.2) is 4.79 Å². The summed E-state index contributed by atoms with van der Waals surface area (Å²) in [7, 11) is 0. The first-order valence-corrected chi connectivity index (χ1v) is 12.7. The predicted molar refractivity (Wildman–Crippen MR) is 146 cm³/mol. The van der Waals surface area contributed by atoms with E-state index in [1.807, 2.05) is 66.7 Å². The molecule has 1 amide bonds. The topological polar surface area (TPSA) is 84.9 Å². The first kappa shape index (κ1) is 27.0. The SMILES string of the molecule is CC(C)(C)OC(=O)C[C@H](NC(=O)OCC1c2ccccc2-c2ccccc21)C(O)C#CCc1ccccc1. The third-order valence-corrected chi connectivity index (χ3v) is 6.22. The second-order valence-electron chi connectivity index (χ2n) is 10.3. The van der Waals surface area contributed by atoms with Gasteiger partial charge < -0.3 is 19.9 Å². The Morgan fingerprint density at radius 1 is 0.921 bits per heavy atom. The van der Waals surface area contributed by atoms with Gasteiger partial charge >= 0.3 is 12.1 Å². The smallest absolute Gasteiger partial charge is 0.407 e. The van der Waals surface area contributed by atoms with E-state index in [0.717, 1.165) is 27.8 Å².